The molecule has 6 heteroatoms. The van der Waals surface area contributed by atoms with E-state index in [9.17, 15) is 8.78 Å². The van der Waals surface area contributed by atoms with Crippen LogP contribution in [0.4, 0.5) is 8.78 Å². The van der Waals surface area contributed by atoms with Gasteiger partial charge in [0.05, 0.1) is 5.69 Å². The summed E-state index contributed by atoms with van der Waals surface area (Å²) in [7, 11) is 0. The van der Waals surface area contributed by atoms with Gasteiger partial charge in [0, 0.05) is 11.9 Å². The Bertz CT molecular complexity index is 516. The summed E-state index contributed by atoms with van der Waals surface area (Å²) in [5, 5.41) is 2.56. The van der Waals surface area contributed by atoms with Crippen molar-refractivity contribution in [1.82, 2.24) is 4.98 Å². The first-order valence-electron chi connectivity index (χ1n) is 4.91. The highest BCUT2D eigenvalue weighted by Crippen LogP contribution is 2.20. The summed E-state index contributed by atoms with van der Waals surface area (Å²) in [5.41, 5.74) is 6.06. The van der Waals surface area contributed by atoms with Gasteiger partial charge >= 0.3 is 0 Å². The second kappa shape index (κ2) is 5.20. The van der Waals surface area contributed by atoms with Crippen molar-refractivity contribution < 1.29 is 13.5 Å². The number of hydrogen-bond donors (Lipinski definition) is 1. The standard InChI is InChI=1S/C11H10F2N2OS/c12-8-2-1-3-9(11(8)13)16-5-7-6-17-10(4-14)15-7/h1-3,6H,4-5,14H2. The Hall–Kier alpha value is -1.53. The number of rotatable bonds is 4. The molecule has 17 heavy (non-hydrogen) atoms. The van der Waals surface area contributed by atoms with Gasteiger partial charge in [-0.05, 0) is 12.1 Å². The fourth-order valence-electron chi connectivity index (χ4n) is 1.26. The molecule has 90 valence electrons. The highest BCUT2D eigenvalue weighted by atomic mass is 32.1. The molecule has 0 radical (unpaired) electrons. The minimum atomic E-state index is -0.984. The number of nitrogens with zero attached hydrogens (tertiary/aromatic N) is 1. The van der Waals surface area contributed by atoms with Gasteiger partial charge in [-0.15, -0.1) is 11.3 Å². The molecule has 2 rings (SSSR count). The maximum Gasteiger partial charge on any atom is 0.200 e. The monoisotopic (exact) mass is 256 g/mol. The molecule has 3 nitrogen and oxygen atoms in total. The molecule has 0 aliphatic heterocycles. The van der Waals surface area contributed by atoms with Crippen molar-refractivity contribution in [2.45, 2.75) is 13.2 Å². The number of nitrogens with two attached hydrogens (primary N) is 1. The second-order valence-electron chi connectivity index (χ2n) is 3.28. The Morgan fingerprint density at radius 1 is 1.35 bits per heavy atom. The van der Waals surface area contributed by atoms with E-state index >= 15 is 0 Å². The molecule has 1 aromatic heterocycles. The van der Waals surface area contributed by atoms with E-state index in [4.69, 9.17) is 10.5 Å². The zero-order valence-electron chi connectivity index (χ0n) is 8.82. The SMILES string of the molecule is NCc1nc(COc2cccc(F)c2F)cs1. The molecule has 2 N–H and O–H groups in total. The average molecular weight is 256 g/mol. The molecule has 0 spiro atoms. The lowest BCUT2D eigenvalue weighted by Gasteiger charge is -2.05. The fourth-order valence-corrected chi connectivity index (χ4v) is 1.92. The van der Waals surface area contributed by atoms with Crippen LogP contribution in [0.5, 0.6) is 5.75 Å². The first-order valence-corrected chi connectivity index (χ1v) is 5.79. The summed E-state index contributed by atoms with van der Waals surface area (Å²) in [6, 6.07) is 3.80. The summed E-state index contributed by atoms with van der Waals surface area (Å²) in [5.74, 6) is -2.03. The van der Waals surface area contributed by atoms with E-state index in [1.54, 1.807) is 5.38 Å². The predicted octanol–water partition coefficient (Wildman–Crippen LogP) is 2.46. The van der Waals surface area contributed by atoms with E-state index in [1.807, 2.05) is 0 Å². The van der Waals surface area contributed by atoms with Crippen LogP contribution in [-0.2, 0) is 13.2 Å². The van der Waals surface area contributed by atoms with Crippen molar-refractivity contribution >= 4 is 11.3 Å². The molecule has 0 fully saturated rings. The average Bonchev–Trinajstić information content (AvgIpc) is 2.79. The topological polar surface area (TPSA) is 48.1 Å². The van der Waals surface area contributed by atoms with Crippen molar-refractivity contribution in [1.29, 1.82) is 0 Å². The first-order chi connectivity index (χ1) is 8.20. The van der Waals surface area contributed by atoms with Gasteiger partial charge in [0.25, 0.3) is 0 Å². The Morgan fingerprint density at radius 3 is 2.88 bits per heavy atom. The van der Waals surface area contributed by atoms with E-state index in [2.05, 4.69) is 4.98 Å². The number of halogens is 2. The molecule has 1 heterocycles. The molecule has 0 saturated heterocycles. The third kappa shape index (κ3) is 2.78. The smallest absolute Gasteiger partial charge is 0.200 e. The van der Waals surface area contributed by atoms with E-state index < -0.39 is 11.6 Å². The lowest BCUT2D eigenvalue weighted by molar-refractivity contribution is 0.281. The number of hydrogen-bond acceptors (Lipinski definition) is 4. The van der Waals surface area contributed by atoms with Gasteiger partial charge in [0.2, 0.25) is 5.82 Å². The Morgan fingerprint density at radius 2 is 2.18 bits per heavy atom. The third-order valence-corrected chi connectivity index (χ3v) is 2.99. The minimum absolute atomic E-state index is 0.0941. The van der Waals surface area contributed by atoms with Crippen molar-refractivity contribution in [3.05, 3.63) is 45.9 Å². The highest BCUT2D eigenvalue weighted by Gasteiger charge is 2.09. The number of thiazole rings is 1. The van der Waals surface area contributed by atoms with Crippen molar-refractivity contribution in [2.75, 3.05) is 0 Å². The summed E-state index contributed by atoms with van der Waals surface area (Å²) in [4.78, 5) is 4.15. The van der Waals surface area contributed by atoms with Crippen LogP contribution in [0.2, 0.25) is 0 Å². The van der Waals surface area contributed by atoms with Gasteiger partial charge in [-0.3, -0.25) is 0 Å². The van der Waals surface area contributed by atoms with Crippen molar-refractivity contribution in [2.24, 2.45) is 5.73 Å². The number of ether oxygens (including phenoxy) is 1. The van der Waals surface area contributed by atoms with Gasteiger partial charge in [-0.25, -0.2) is 9.37 Å². The van der Waals surface area contributed by atoms with Gasteiger partial charge in [-0.2, -0.15) is 4.39 Å². The van der Waals surface area contributed by atoms with E-state index in [1.165, 1.54) is 23.5 Å². The van der Waals surface area contributed by atoms with E-state index in [0.717, 1.165) is 11.1 Å². The molecule has 0 saturated carbocycles. The van der Waals surface area contributed by atoms with Crippen LogP contribution in [-0.4, -0.2) is 4.98 Å². The van der Waals surface area contributed by atoms with Gasteiger partial charge in [0.15, 0.2) is 11.6 Å². The van der Waals surface area contributed by atoms with Crippen LogP contribution in [0.25, 0.3) is 0 Å². The van der Waals surface area contributed by atoms with Gasteiger partial charge in [-0.1, -0.05) is 6.07 Å². The predicted molar refractivity (Wildman–Crippen MR) is 60.7 cm³/mol. The molecule has 0 bridgehead atoms. The minimum Gasteiger partial charge on any atom is -0.484 e. The quantitative estimate of drug-likeness (QED) is 0.914. The number of aromatic nitrogens is 1. The summed E-state index contributed by atoms with van der Waals surface area (Å²) >= 11 is 1.41. The maximum absolute atomic E-state index is 13.2. The van der Waals surface area contributed by atoms with Crippen LogP contribution in [0.15, 0.2) is 23.6 Å². The largest absolute Gasteiger partial charge is 0.484 e. The zero-order chi connectivity index (χ0) is 12.3. The van der Waals surface area contributed by atoms with Gasteiger partial charge < -0.3 is 10.5 Å². The molecule has 0 unspecified atom stereocenters. The Kier molecular flexibility index (Phi) is 3.65. The molecular formula is C11H10F2N2OS. The summed E-state index contributed by atoms with van der Waals surface area (Å²) < 4.78 is 31.3. The Labute approximate surface area is 101 Å². The van der Waals surface area contributed by atoms with Crippen LogP contribution >= 0.6 is 11.3 Å². The van der Waals surface area contributed by atoms with Crippen LogP contribution in [0, 0.1) is 11.6 Å². The molecule has 2 aromatic rings. The lowest BCUT2D eigenvalue weighted by Crippen LogP contribution is -2.00. The molecule has 0 atom stereocenters. The highest BCUT2D eigenvalue weighted by molar-refractivity contribution is 7.09. The molecular weight excluding hydrogens is 246 g/mol. The third-order valence-electron chi connectivity index (χ3n) is 2.07. The van der Waals surface area contributed by atoms with Crippen LogP contribution in [0.1, 0.15) is 10.7 Å². The van der Waals surface area contributed by atoms with Crippen molar-refractivity contribution in [3.63, 3.8) is 0 Å². The zero-order valence-corrected chi connectivity index (χ0v) is 9.64. The summed E-state index contributed by atoms with van der Waals surface area (Å²) in [6.45, 7) is 0.454. The summed E-state index contributed by atoms with van der Waals surface area (Å²) in [6.07, 6.45) is 0. The lowest BCUT2D eigenvalue weighted by atomic mass is 10.3. The van der Waals surface area contributed by atoms with Crippen LogP contribution in [0.3, 0.4) is 0 Å². The Balaban J connectivity index is 2.04. The first kappa shape index (κ1) is 11.9. The molecule has 0 aliphatic carbocycles. The van der Waals surface area contributed by atoms with Crippen LogP contribution < -0.4 is 10.5 Å². The molecule has 1 aromatic carbocycles. The fraction of sp³-hybridized carbons (Fsp3) is 0.182. The van der Waals surface area contributed by atoms with E-state index in [0.29, 0.717) is 12.2 Å². The van der Waals surface area contributed by atoms with Gasteiger partial charge in [0.1, 0.15) is 11.6 Å². The second-order valence-corrected chi connectivity index (χ2v) is 4.22. The van der Waals surface area contributed by atoms with E-state index in [-0.39, 0.29) is 12.4 Å². The molecule has 0 aliphatic rings. The number of benzene rings is 1. The maximum atomic E-state index is 13.2. The van der Waals surface area contributed by atoms with Crippen molar-refractivity contribution in [3.8, 4) is 5.75 Å². The normalized spacial score (nSPS) is 10.5. The molecule has 0 amide bonds.